The van der Waals surface area contributed by atoms with Crippen molar-refractivity contribution in [3.8, 4) is 0 Å². The number of benzene rings is 1. The van der Waals surface area contributed by atoms with E-state index in [0.717, 1.165) is 0 Å². The van der Waals surface area contributed by atoms with Gasteiger partial charge in [0.25, 0.3) is 5.91 Å². The number of hydrogen-bond donors (Lipinski definition) is 1. The summed E-state index contributed by atoms with van der Waals surface area (Å²) in [5.74, 6) is -1.62. The van der Waals surface area contributed by atoms with Crippen LogP contribution in [0.15, 0.2) is 24.3 Å². The summed E-state index contributed by atoms with van der Waals surface area (Å²) in [4.78, 5) is 38.9. The third kappa shape index (κ3) is 4.60. The molecule has 0 bridgehead atoms. The standard InChI is InChI=1S/C21H28FNO3S/c1-5-21(3,4)18(24)19(25)23-11-10-14(17(23)20(26)27)12-13(2)15-8-6-7-9-16(15)22/h6-9,13-14,17H,5,10-12H2,1-4H3,(H,26,27)/t13-,14?,17?/m0/s1. The highest BCUT2D eigenvalue weighted by atomic mass is 32.1. The molecule has 0 N–H and O–H groups in total. The molecule has 1 aliphatic rings. The maximum atomic E-state index is 14.1. The van der Waals surface area contributed by atoms with E-state index in [1.807, 2.05) is 13.8 Å². The molecule has 2 unspecified atom stereocenters. The van der Waals surface area contributed by atoms with Gasteiger partial charge < -0.3 is 4.90 Å². The molecule has 0 radical (unpaired) electrons. The van der Waals surface area contributed by atoms with Crippen LogP contribution >= 0.6 is 12.6 Å². The molecule has 1 aliphatic heterocycles. The molecule has 4 nitrogen and oxygen atoms in total. The van der Waals surface area contributed by atoms with E-state index in [0.29, 0.717) is 31.4 Å². The Balaban J connectivity index is 2.19. The molecule has 6 heteroatoms. The second kappa shape index (κ2) is 8.55. The van der Waals surface area contributed by atoms with E-state index in [4.69, 9.17) is 0 Å². The lowest BCUT2D eigenvalue weighted by atomic mass is 9.84. The molecule has 1 fully saturated rings. The molecule has 1 aromatic rings. The number of carbonyl (C=O) groups is 3. The highest BCUT2D eigenvalue weighted by Crippen LogP contribution is 2.36. The molecule has 1 aromatic carbocycles. The van der Waals surface area contributed by atoms with Crippen molar-refractivity contribution >= 4 is 29.4 Å². The van der Waals surface area contributed by atoms with Crippen molar-refractivity contribution in [2.24, 2.45) is 11.3 Å². The third-order valence-electron chi connectivity index (χ3n) is 5.82. The Kier molecular flexibility index (Phi) is 6.84. The molecule has 148 valence electrons. The first-order valence-electron chi connectivity index (χ1n) is 9.42. The van der Waals surface area contributed by atoms with Gasteiger partial charge in [0.15, 0.2) is 0 Å². The van der Waals surface area contributed by atoms with E-state index in [1.54, 1.807) is 32.0 Å². The zero-order chi connectivity index (χ0) is 20.4. The zero-order valence-electron chi connectivity index (χ0n) is 16.4. The molecular weight excluding hydrogens is 365 g/mol. The molecule has 0 aliphatic carbocycles. The highest BCUT2D eigenvalue weighted by Gasteiger charge is 2.45. The predicted octanol–water partition coefficient (Wildman–Crippen LogP) is 4.00. The van der Waals surface area contributed by atoms with Crippen LogP contribution in [0.4, 0.5) is 4.39 Å². The number of hydrogen-bond acceptors (Lipinski definition) is 3. The number of nitrogens with zero attached hydrogens (tertiary/aromatic N) is 1. The average Bonchev–Trinajstić information content (AvgIpc) is 3.04. The molecule has 0 spiro atoms. The smallest absolute Gasteiger partial charge is 0.291 e. The van der Waals surface area contributed by atoms with E-state index in [9.17, 15) is 18.8 Å². The number of halogens is 1. The number of amides is 1. The normalized spacial score (nSPS) is 21.2. The summed E-state index contributed by atoms with van der Waals surface area (Å²) >= 11 is 3.98. The molecule has 0 saturated carbocycles. The van der Waals surface area contributed by atoms with Crippen LogP contribution in [0.25, 0.3) is 0 Å². The first kappa shape index (κ1) is 21.6. The molecule has 27 heavy (non-hydrogen) atoms. The quantitative estimate of drug-likeness (QED) is 0.563. The summed E-state index contributed by atoms with van der Waals surface area (Å²) in [6.45, 7) is 7.58. The number of carbonyl (C=O) groups excluding carboxylic acids is 3. The molecule has 1 heterocycles. The fourth-order valence-corrected chi connectivity index (χ4v) is 4.05. The van der Waals surface area contributed by atoms with Crippen molar-refractivity contribution in [2.45, 2.75) is 58.9 Å². The van der Waals surface area contributed by atoms with E-state index in [-0.39, 0.29) is 17.7 Å². The van der Waals surface area contributed by atoms with Gasteiger partial charge in [-0.3, -0.25) is 14.4 Å². The van der Waals surface area contributed by atoms with Crippen LogP contribution in [0.2, 0.25) is 0 Å². The average molecular weight is 394 g/mol. The van der Waals surface area contributed by atoms with Gasteiger partial charge in [0, 0.05) is 12.0 Å². The summed E-state index contributed by atoms with van der Waals surface area (Å²) in [6, 6.07) is 5.84. The summed E-state index contributed by atoms with van der Waals surface area (Å²) in [6.07, 6.45) is 1.69. The van der Waals surface area contributed by atoms with Crippen molar-refractivity contribution in [2.75, 3.05) is 6.54 Å². The second-order valence-electron chi connectivity index (χ2n) is 8.06. The molecule has 1 amide bonds. The van der Waals surface area contributed by atoms with Gasteiger partial charge >= 0.3 is 0 Å². The van der Waals surface area contributed by atoms with Crippen LogP contribution < -0.4 is 0 Å². The molecule has 3 atom stereocenters. The maximum absolute atomic E-state index is 14.1. The first-order valence-corrected chi connectivity index (χ1v) is 9.87. The van der Waals surface area contributed by atoms with Crippen molar-refractivity contribution < 1.29 is 18.8 Å². The Hall–Kier alpha value is -1.69. The minimum Gasteiger partial charge on any atom is -0.325 e. The van der Waals surface area contributed by atoms with Crippen molar-refractivity contribution in [3.05, 3.63) is 35.6 Å². The first-order chi connectivity index (χ1) is 12.6. The Labute approximate surface area is 165 Å². The van der Waals surface area contributed by atoms with Gasteiger partial charge in [-0.05, 0) is 42.7 Å². The Morgan fingerprint density at radius 3 is 2.48 bits per heavy atom. The molecular formula is C21H28FNO3S. The van der Waals surface area contributed by atoms with Crippen LogP contribution in [-0.4, -0.2) is 34.3 Å². The van der Waals surface area contributed by atoms with Crippen LogP contribution in [0, 0.1) is 17.2 Å². The van der Waals surface area contributed by atoms with Gasteiger partial charge in [-0.25, -0.2) is 4.39 Å². The minimum absolute atomic E-state index is 0.107. The number of Topliss-reactive ketones (excluding diaryl/α,β-unsaturated/α-hetero) is 1. The minimum atomic E-state index is -0.764. The predicted molar refractivity (Wildman–Crippen MR) is 106 cm³/mol. The number of likely N-dealkylation sites (tertiary alicyclic amines) is 1. The lowest BCUT2D eigenvalue weighted by Crippen LogP contribution is -2.48. The Morgan fingerprint density at radius 1 is 1.30 bits per heavy atom. The molecule has 0 aromatic heterocycles. The maximum Gasteiger partial charge on any atom is 0.291 e. The third-order valence-corrected chi connectivity index (χ3v) is 6.09. The van der Waals surface area contributed by atoms with Crippen LogP contribution in [-0.2, 0) is 14.4 Å². The van der Waals surface area contributed by atoms with Crippen molar-refractivity contribution in [1.82, 2.24) is 4.90 Å². The van der Waals surface area contributed by atoms with Gasteiger partial charge in [-0.1, -0.05) is 45.9 Å². The second-order valence-corrected chi connectivity index (χ2v) is 8.50. The van der Waals surface area contributed by atoms with Crippen LogP contribution in [0.5, 0.6) is 0 Å². The van der Waals surface area contributed by atoms with Crippen LogP contribution in [0.3, 0.4) is 0 Å². The SMILES string of the molecule is CCC(C)(C)C(=O)C(=O)N1CCC(C[C@H](C)c2ccccc2F)C1C(=O)S. The van der Waals surface area contributed by atoms with E-state index < -0.39 is 28.3 Å². The number of thiol groups is 1. The summed E-state index contributed by atoms with van der Waals surface area (Å²) < 4.78 is 14.1. The Morgan fingerprint density at radius 2 is 1.93 bits per heavy atom. The molecule has 1 saturated heterocycles. The van der Waals surface area contributed by atoms with E-state index in [1.165, 1.54) is 11.0 Å². The number of rotatable bonds is 7. The van der Waals surface area contributed by atoms with Gasteiger partial charge in [-0.15, -0.1) is 12.6 Å². The van der Waals surface area contributed by atoms with E-state index in [2.05, 4.69) is 12.6 Å². The number of ketones is 1. The topological polar surface area (TPSA) is 54.5 Å². The lowest BCUT2D eigenvalue weighted by molar-refractivity contribution is -0.150. The Bertz CT molecular complexity index is 734. The van der Waals surface area contributed by atoms with Crippen molar-refractivity contribution in [1.29, 1.82) is 0 Å². The fraction of sp³-hybridized carbons (Fsp3) is 0.571. The van der Waals surface area contributed by atoms with Gasteiger partial charge in [0.2, 0.25) is 10.9 Å². The summed E-state index contributed by atoms with van der Waals surface area (Å²) in [5, 5.41) is -0.423. The van der Waals surface area contributed by atoms with E-state index >= 15 is 0 Å². The van der Waals surface area contributed by atoms with Crippen molar-refractivity contribution in [3.63, 3.8) is 0 Å². The summed E-state index contributed by atoms with van der Waals surface area (Å²) in [7, 11) is 0. The zero-order valence-corrected chi connectivity index (χ0v) is 17.3. The monoisotopic (exact) mass is 393 g/mol. The van der Waals surface area contributed by atoms with Gasteiger partial charge in [-0.2, -0.15) is 0 Å². The molecule has 2 rings (SSSR count). The largest absolute Gasteiger partial charge is 0.325 e. The summed E-state index contributed by atoms with van der Waals surface area (Å²) in [5.41, 5.74) is -0.171. The van der Waals surface area contributed by atoms with Crippen LogP contribution in [0.1, 0.15) is 58.4 Å². The highest BCUT2D eigenvalue weighted by molar-refractivity contribution is 7.96. The lowest BCUT2D eigenvalue weighted by Gasteiger charge is -2.29. The fourth-order valence-electron chi connectivity index (χ4n) is 3.70. The van der Waals surface area contributed by atoms with Gasteiger partial charge in [0.1, 0.15) is 11.9 Å². The van der Waals surface area contributed by atoms with Gasteiger partial charge in [0.05, 0.1) is 0 Å².